The van der Waals surface area contributed by atoms with Crippen LogP contribution in [0.5, 0.6) is 0 Å². The monoisotopic (exact) mass is 475 g/mol. The van der Waals surface area contributed by atoms with Crippen LogP contribution in [0.4, 0.5) is 0 Å². The second kappa shape index (κ2) is 10.7. The van der Waals surface area contributed by atoms with E-state index < -0.39 is 0 Å². The summed E-state index contributed by atoms with van der Waals surface area (Å²) in [6, 6.07) is 17.0. The Balaban J connectivity index is 0.000000558. The van der Waals surface area contributed by atoms with Gasteiger partial charge < -0.3 is 0 Å². The van der Waals surface area contributed by atoms with E-state index in [4.69, 9.17) is 0 Å². The maximum atomic E-state index is 3.70. The van der Waals surface area contributed by atoms with Crippen LogP contribution in [0.1, 0.15) is 50.8 Å². The maximum absolute atomic E-state index is 3.70. The zero-order chi connectivity index (χ0) is 18.0. The molecule has 27 heavy (non-hydrogen) atoms. The molecule has 2 aliphatic rings. The fourth-order valence-electron chi connectivity index (χ4n) is 3.56. The topological polar surface area (TPSA) is 0 Å². The van der Waals surface area contributed by atoms with Gasteiger partial charge in [0.05, 0.1) is 0 Å². The van der Waals surface area contributed by atoms with Gasteiger partial charge in [0.1, 0.15) is 0 Å². The zero-order valence-electron chi connectivity index (χ0n) is 16.4. The van der Waals surface area contributed by atoms with Crippen molar-refractivity contribution in [1.29, 1.82) is 0 Å². The fraction of sp³-hybridized carbons (Fsp3) is 0.292. The van der Waals surface area contributed by atoms with Gasteiger partial charge in [0, 0.05) is 0 Å². The summed E-state index contributed by atoms with van der Waals surface area (Å²) in [5.41, 5.74) is 9.77. The molecule has 0 aliphatic heterocycles. The molecule has 3 heteroatoms. The number of hydrogen-bond donors (Lipinski definition) is 0. The summed E-state index contributed by atoms with van der Waals surface area (Å²) in [5, 5.41) is 0. The standard InChI is InChI=1S/C21H19.C3H6.2ClH.Zr/c1-14(2)18-8-5-9-19(18)16-10-11-21-17(13-16)12-15-6-3-4-7-20(15)21;1-3-2;;;/h3-8,10-11,14H,9,12H2,1-2H3;1-2H3;2*1H;/q-1;;;;. The average molecular weight is 478 g/mol. The van der Waals surface area contributed by atoms with Gasteiger partial charge in [-0.15, -0.1) is 59.7 Å². The number of benzene rings is 2. The third-order valence-electron chi connectivity index (χ3n) is 4.62. The predicted octanol–water partition coefficient (Wildman–Crippen LogP) is 7.02. The summed E-state index contributed by atoms with van der Waals surface area (Å²) in [6.07, 6.45) is 6.64. The number of fused-ring (bicyclic) bond motifs is 3. The summed E-state index contributed by atoms with van der Waals surface area (Å²) in [6.45, 7) is 8.79. The molecule has 0 N–H and O–H groups in total. The molecule has 142 valence electrons. The predicted molar refractivity (Wildman–Crippen MR) is 120 cm³/mol. The molecular weight excluding hydrogens is 450 g/mol. The molecule has 0 nitrogen and oxygen atoms in total. The minimum atomic E-state index is 0. The third-order valence-corrected chi connectivity index (χ3v) is 4.62. The van der Waals surface area contributed by atoms with Gasteiger partial charge >= 0.3 is 41.3 Å². The number of hydrogen-bond acceptors (Lipinski definition) is 0. The van der Waals surface area contributed by atoms with Crippen molar-refractivity contribution in [2.45, 2.75) is 40.5 Å². The van der Waals surface area contributed by atoms with Crippen molar-refractivity contribution in [2.75, 3.05) is 0 Å². The molecule has 0 unspecified atom stereocenters. The first kappa shape index (κ1) is 24.3. The third kappa shape index (κ3) is 5.63. The van der Waals surface area contributed by atoms with Crippen molar-refractivity contribution in [3.05, 3.63) is 76.9 Å². The van der Waals surface area contributed by atoms with Crippen LogP contribution >= 0.6 is 24.8 Å². The number of allylic oxidation sites excluding steroid dienone is 4. The Morgan fingerprint density at radius 2 is 1.67 bits per heavy atom. The van der Waals surface area contributed by atoms with Crippen LogP contribution in [0, 0.1) is 12.0 Å². The largest absolute Gasteiger partial charge is 0.147 e. The van der Waals surface area contributed by atoms with Gasteiger partial charge in [0.15, 0.2) is 0 Å². The molecule has 0 aromatic heterocycles. The fourth-order valence-corrected chi connectivity index (χ4v) is 3.56. The van der Waals surface area contributed by atoms with Crippen LogP contribution in [0.3, 0.4) is 0 Å². The summed E-state index contributed by atoms with van der Waals surface area (Å²) in [7, 11) is 0. The molecule has 0 heterocycles. The van der Waals surface area contributed by atoms with Crippen LogP contribution in [0.15, 0.2) is 54.1 Å². The van der Waals surface area contributed by atoms with Crippen molar-refractivity contribution >= 4 is 33.6 Å². The van der Waals surface area contributed by atoms with E-state index in [1.807, 2.05) is 0 Å². The average Bonchev–Trinajstić information content (AvgIpc) is 3.18. The summed E-state index contributed by atoms with van der Waals surface area (Å²) in [5.74, 6) is 0.581. The Morgan fingerprint density at radius 1 is 1.00 bits per heavy atom. The van der Waals surface area contributed by atoms with Crippen LogP contribution in [-0.2, 0) is 30.7 Å². The van der Waals surface area contributed by atoms with E-state index in [1.54, 1.807) is 24.2 Å². The van der Waals surface area contributed by atoms with Gasteiger partial charge in [-0.2, -0.15) is 0 Å². The van der Waals surface area contributed by atoms with Gasteiger partial charge in [-0.25, -0.2) is 0 Å². The Kier molecular flexibility index (Phi) is 9.63. The number of rotatable bonds is 2. The summed E-state index contributed by atoms with van der Waals surface area (Å²) >= 11 is 1.55. The Hall–Kier alpha value is -0.747. The first-order chi connectivity index (χ1) is 12.0. The molecule has 0 amide bonds. The SMILES string of the molecule is CC(C)C1=C(c2[c-]c3c(cc2)-c2ccccc2C3)CC=C1.C[C](C)=[Zr].Cl.Cl. The van der Waals surface area contributed by atoms with E-state index in [1.165, 1.54) is 42.2 Å². The zero-order valence-corrected chi connectivity index (χ0v) is 20.5. The first-order valence-corrected chi connectivity index (χ1v) is 10.3. The second-order valence-electron chi connectivity index (χ2n) is 7.29. The Bertz CT molecular complexity index is 872. The quantitative estimate of drug-likeness (QED) is 0.348. The van der Waals surface area contributed by atoms with E-state index >= 15 is 0 Å². The van der Waals surface area contributed by atoms with Gasteiger partial charge in [0.25, 0.3) is 0 Å². The van der Waals surface area contributed by atoms with Gasteiger partial charge in [-0.3, -0.25) is 0 Å². The van der Waals surface area contributed by atoms with Crippen molar-refractivity contribution in [2.24, 2.45) is 5.92 Å². The summed E-state index contributed by atoms with van der Waals surface area (Å²) in [4.78, 5) is 0. The number of halogens is 2. The van der Waals surface area contributed by atoms with Gasteiger partial charge in [0.2, 0.25) is 0 Å². The molecule has 0 spiro atoms. The first-order valence-electron chi connectivity index (χ1n) is 9.02. The van der Waals surface area contributed by atoms with Gasteiger partial charge in [-0.05, 0) is 24.3 Å². The van der Waals surface area contributed by atoms with E-state index in [0.29, 0.717) is 5.92 Å². The van der Waals surface area contributed by atoms with Crippen molar-refractivity contribution < 1.29 is 24.2 Å². The minimum absolute atomic E-state index is 0. The van der Waals surface area contributed by atoms with E-state index in [2.05, 4.69) is 82.3 Å². The summed E-state index contributed by atoms with van der Waals surface area (Å²) < 4.78 is 1.51. The molecule has 2 aliphatic carbocycles. The van der Waals surface area contributed by atoms with E-state index in [9.17, 15) is 0 Å². The van der Waals surface area contributed by atoms with E-state index in [0.717, 1.165) is 12.8 Å². The molecule has 0 radical (unpaired) electrons. The van der Waals surface area contributed by atoms with Crippen LogP contribution in [0.2, 0.25) is 0 Å². The molecule has 2 aromatic rings. The Labute approximate surface area is 191 Å². The molecule has 2 aromatic carbocycles. The normalized spacial score (nSPS) is 13.2. The second-order valence-corrected chi connectivity index (χ2v) is 9.75. The molecule has 0 saturated heterocycles. The van der Waals surface area contributed by atoms with Gasteiger partial charge in [-0.1, -0.05) is 67.0 Å². The molecule has 0 saturated carbocycles. The van der Waals surface area contributed by atoms with Crippen LogP contribution < -0.4 is 0 Å². The maximum Gasteiger partial charge on any atom is -0.147 e. The van der Waals surface area contributed by atoms with Crippen molar-refractivity contribution in [1.82, 2.24) is 0 Å². The van der Waals surface area contributed by atoms with Crippen molar-refractivity contribution in [3.63, 3.8) is 0 Å². The van der Waals surface area contributed by atoms with Crippen LogP contribution in [-0.4, -0.2) is 3.21 Å². The van der Waals surface area contributed by atoms with E-state index in [-0.39, 0.29) is 24.8 Å². The van der Waals surface area contributed by atoms with Crippen LogP contribution in [0.25, 0.3) is 16.7 Å². The Morgan fingerprint density at radius 3 is 2.33 bits per heavy atom. The molecule has 0 fully saturated rings. The molecule has 0 bridgehead atoms. The van der Waals surface area contributed by atoms with Crippen molar-refractivity contribution in [3.8, 4) is 11.1 Å². The molecule has 0 atom stereocenters. The molecule has 4 rings (SSSR count). The minimum Gasteiger partial charge on any atom is -0.147 e. The smallest absolute Gasteiger partial charge is 0.147 e. The molecular formula is C24H27Cl2Zr-.